The number of amides is 1. The number of para-hydroxylation sites is 1. The molecule has 1 amide bonds. The highest BCUT2D eigenvalue weighted by molar-refractivity contribution is 5.85. The number of carbonyl (C=O) groups excluding carboxylic acids is 1. The highest BCUT2D eigenvalue weighted by atomic mass is 35.5. The maximum atomic E-state index is 12.6. The first-order valence-electron chi connectivity index (χ1n) is 7.48. The fourth-order valence-corrected chi connectivity index (χ4v) is 3.38. The highest BCUT2D eigenvalue weighted by Crippen LogP contribution is 2.39. The SMILES string of the molecule is Cl.NCC1(C(=O)NC2CCOc3ccccc32)CCCC1. The second-order valence-corrected chi connectivity index (χ2v) is 5.89. The molecular formula is C16H23ClN2O2. The van der Waals surface area contributed by atoms with E-state index < -0.39 is 0 Å². The Kier molecular flexibility index (Phi) is 5.12. The van der Waals surface area contributed by atoms with E-state index in [-0.39, 0.29) is 29.8 Å². The van der Waals surface area contributed by atoms with Crippen molar-refractivity contribution in [2.45, 2.75) is 38.1 Å². The fraction of sp³-hybridized carbons (Fsp3) is 0.562. The maximum absolute atomic E-state index is 12.6. The van der Waals surface area contributed by atoms with Crippen LogP contribution in [0.5, 0.6) is 5.75 Å². The molecule has 1 aromatic rings. The Morgan fingerprint density at radius 1 is 1.33 bits per heavy atom. The van der Waals surface area contributed by atoms with Crippen LogP contribution in [0, 0.1) is 5.41 Å². The molecule has 0 bridgehead atoms. The van der Waals surface area contributed by atoms with Crippen LogP contribution in [0.2, 0.25) is 0 Å². The van der Waals surface area contributed by atoms with E-state index in [4.69, 9.17) is 10.5 Å². The summed E-state index contributed by atoms with van der Waals surface area (Å²) in [5.41, 5.74) is 6.62. The van der Waals surface area contributed by atoms with E-state index in [1.54, 1.807) is 0 Å². The van der Waals surface area contributed by atoms with Crippen molar-refractivity contribution in [3.63, 3.8) is 0 Å². The van der Waals surface area contributed by atoms with E-state index in [1.165, 1.54) is 0 Å². The van der Waals surface area contributed by atoms with Crippen molar-refractivity contribution in [1.29, 1.82) is 0 Å². The van der Waals surface area contributed by atoms with Gasteiger partial charge in [-0.2, -0.15) is 0 Å². The maximum Gasteiger partial charge on any atom is 0.227 e. The molecule has 21 heavy (non-hydrogen) atoms. The molecule has 1 atom stereocenters. The first-order chi connectivity index (χ1) is 9.75. The normalized spacial score (nSPS) is 22.6. The third-order valence-electron chi connectivity index (χ3n) is 4.70. The van der Waals surface area contributed by atoms with Crippen LogP contribution in [0.4, 0.5) is 0 Å². The van der Waals surface area contributed by atoms with E-state index in [0.29, 0.717) is 13.2 Å². The van der Waals surface area contributed by atoms with E-state index in [0.717, 1.165) is 43.4 Å². The number of hydrogen-bond donors (Lipinski definition) is 2. The Labute approximate surface area is 131 Å². The van der Waals surface area contributed by atoms with Gasteiger partial charge < -0.3 is 15.8 Å². The molecule has 4 nitrogen and oxygen atoms in total. The molecule has 0 spiro atoms. The van der Waals surface area contributed by atoms with E-state index >= 15 is 0 Å². The number of rotatable bonds is 3. The zero-order chi connectivity index (χ0) is 14.0. The van der Waals surface area contributed by atoms with Crippen LogP contribution in [0.1, 0.15) is 43.7 Å². The smallest absolute Gasteiger partial charge is 0.227 e. The minimum Gasteiger partial charge on any atom is -0.493 e. The van der Waals surface area contributed by atoms with Gasteiger partial charge in [0.05, 0.1) is 18.1 Å². The molecule has 3 N–H and O–H groups in total. The average Bonchev–Trinajstić information content (AvgIpc) is 2.98. The summed E-state index contributed by atoms with van der Waals surface area (Å²) in [4.78, 5) is 12.6. The van der Waals surface area contributed by atoms with Gasteiger partial charge in [0.25, 0.3) is 0 Å². The standard InChI is InChI=1S/C16H22N2O2.ClH/c17-11-16(8-3-4-9-16)15(19)18-13-7-10-20-14-6-2-1-5-12(13)14;/h1-2,5-6,13H,3-4,7-11,17H2,(H,18,19);1H. The first-order valence-corrected chi connectivity index (χ1v) is 7.48. The topological polar surface area (TPSA) is 64.4 Å². The van der Waals surface area contributed by atoms with Crippen LogP contribution < -0.4 is 15.8 Å². The van der Waals surface area contributed by atoms with Gasteiger partial charge in [-0.05, 0) is 18.9 Å². The van der Waals surface area contributed by atoms with Crippen molar-refractivity contribution in [2.75, 3.05) is 13.2 Å². The lowest BCUT2D eigenvalue weighted by atomic mass is 9.84. The highest BCUT2D eigenvalue weighted by Gasteiger charge is 2.41. The van der Waals surface area contributed by atoms with Gasteiger partial charge in [-0.1, -0.05) is 31.0 Å². The third-order valence-corrected chi connectivity index (χ3v) is 4.70. The molecule has 116 valence electrons. The van der Waals surface area contributed by atoms with Crippen LogP contribution in [0.25, 0.3) is 0 Å². The minimum absolute atomic E-state index is 0. The second kappa shape index (κ2) is 6.67. The summed E-state index contributed by atoms with van der Waals surface area (Å²) in [5.74, 6) is 1.01. The average molecular weight is 311 g/mol. The monoisotopic (exact) mass is 310 g/mol. The summed E-state index contributed by atoms with van der Waals surface area (Å²) in [5, 5.41) is 3.21. The molecule has 0 saturated heterocycles. The molecule has 1 aliphatic carbocycles. The zero-order valence-electron chi connectivity index (χ0n) is 12.1. The van der Waals surface area contributed by atoms with Gasteiger partial charge in [0.15, 0.2) is 0 Å². The molecule has 1 aromatic carbocycles. The predicted octanol–water partition coefficient (Wildman–Crippen LogP) is 2.57. The summed E-state index contributed by atoms with van der Waals surface area (Å²) in [6.07, 6.45) is 4.87. The van der Waals surface area contributed by atoms with Gasteiger partial charge in [0.2, 0.25) is 5.91 Å². The van der Waals surface area contributed by atoms with Crippen molar-refractivity contribution < 1.29 is 9.53 Å². The number of fused-ring (bicyclic) bond motifs is 1. The molecule has 1 heterocycles. The molecule has 1 aliphatic heterocycles. The van der Waals surface area contributed by atoms with Crippen LogP contribution in [-0.4, -0.2) is 19.1 Å². The van der Waals surface area contributed by atoms with Crippen molar-refractivity contribution in [3.05, 3.63) is 29.8 Å². The molecule has 0 aromatic heterocycles. The lowest BCUT2D eigenvalue weighted by Gasteiger charge is -2.32. The number of nitrogens with two attached hydrogens (primary N) is 1. The molecule has 3 rings (SSSR count). The summed E-state index contributed by atoms with van der Waals surface area (Å²) in [7, 11) is 0. The largest absolute Gasteiger partial charge is 0.493 e. The van der Waals surface area contributed by atoms with Crippen LogP contribution in [-0.2, 0) is 4.79 Å². The summed E-state index contributed by atoms with van der Waals surface area (Å²) in [6.45, 7) is 1.10. The second-order valence-electron chi connectivity index (χ2n) is 5.89. The van der Waals surface area contributed by atoms with Crippen molar-refractivity contribution in [2.24, 2.45) is 11.1 Å². The molecular weight excluding hydrogens is 288 g/mol. The number of hydrogen-bond acceptors (Lipinski definition) is 3. The van der Waals surface area contributed by atoms with Crippen LogP contribution >= 0.6 is 12.4 Å². The molecule has 2 aliphatic rings. The summed E-state index contributed by atoms with van der Waals surface area (Å²) >= 11 is 0. The molecule has 1 saturated carbocycles. The Morgan fingerprint density at radius 2 is 2.05 bits per heavy atom. The van der Waals surface area contributed by atoms with E-state index in [9.17, 15) is 4.79 Å². The molecule has 1 fully saturated rings. The number of carbonyl (C=O) groups is 1. The van der Waals surface area contributed by atoms with Gasteiger partial charge in [-0.15, -0.1) is 12.4 Å². The van der Waals surface area contributed by atoms with Gasteiger partial charge >= 0.3 is 0 Å². The van der Waals surface area contributed by atoms with Crippen molar-refractivity contribution in [3.8, 4) is 5.75 Å². The van der Waals surface area contributed by atoms with E-state index in [1.807, 2.05) is 24.3 Å². The minimum atomic E-state index is -0.340. The third kappa shape index (κ3) is 3.01. The molecule has 5 heteroatoms. The molecule has 0 radical (unpaired) electrons. The number of benzene rings is 1. The number of ether oxygens (including phenoxy) is 1. The Hall–Kier alpha value is -1.26. The van der Waals surface area contributed by atoms with Crippen LogP contribution in [0.3, 0.4) is 0 Å². The molecule has 1 unspecified atom stereocenters. The van der Waals surface area contributed by atoms with Gasteiger partial charge in [-0.25, -0.2) is 0 Å². The van der Waals surface area contributed by atoms with Gasteiger partial charge in [-0.3, -0.25) is 4.79 Å². The van der Waals surface area contributed by atoms with Crippen molar-refractivity contribution in [1.82, 2.24) is 5.32 Å². The number of nitrogens with one attached hydrogen (secondary N) is 1. The fourth-order valence-electron chi connectivity index (χ4n) is 3.38. The van der Waals surface area contributed by atoms with Gasteiger partial charge in [0, 0.05) is 18.5 Å². The summed E-state index contributed by atoms with van der Waals surface area (Å²) in [6, 6.07) is 7.99. The lowest BCUT2D eigenvalue weighted by molar-refractivity contribution is -0.131. The quantitative estimate of drug-likeness (QED) is 0.902. The zero-order valence-corrected chi connectivity index (χ0v) is 13.0. The van der Waals surface area contributed by atoms with Gasteiger partial charge in [0.1, 0.15) is 5.75 Å². The lowest BCUT2D eigenvalue weighted by Crippen LogP contribution is -2.46. The first kappa shape index (κ1) is 16.1. The van der Waals surface area contributed by atoms with E-state index in [2.05, 4.69) is 5.32 Å². The Balaban J connectivity index is 0.00000161. The Morgan fingerprint density at radius 3 is 2.76 bits per heavy atom. The summed E-state index contributed by atoms with van der Waals surface area (Å²) < 4.78 is 5.64. The van der Waals surface area contributed by atoms with Crippen molar-refractivity contribution >= 4 is 18.3 Å². The van der Waals surface area contributed by atoms with Crippen LogP contribution in [0.15, 0.2) is 24.3 Å². The Bertz CT molecular complexity index is 501. The predicted molar refractivity (Wildman–Crippen MR) is 84.6 cm³/mol. The number of halogens is 1.